The molecule has 3 nitrogen and oxygen atoms in total. The first-order valence-corrected chi connectivity index (χ1v) is 8.33. The molecule has 0 spiro atoms. The van der Waals surface area contributed by atoms with Crippen LogP contribution in [0.15, 0.2) is 42.5 Å². The third kappa shape index (κ3) is 5.08. The molecule has 128 valence electrons. The summed E-state index contributed by atoms with van der Waals surface area (Å²) in [4.78, 5) is 14.2. The maximum Gasteiger partial charge on any atom is 0.317 e. The van der Waals surface area contributed by atoms with E-state index in [4.69, 9.17) is 0 Å². The lowest BCUT2D eigenvalue weighted by Gasteiger charge is -2.23. The van der Waals surface area contributed by atoms with Crippen molar-refractivity contribution in [2.45, 2.75) is 40.3 Å². The quantitative estimate of drug-likeness (QED) is 0.828. The Labute approximate surface area is 143 Å². The van der Waals surface area contributed by atoms with Gasteiger partial charge in [0.15, 0.2) is 0 Å². The first-order valence-electron chi connectivity index (χ1n) is 8.33. The SMILES string of the molecule is CCCN(Cc1ccc(C)cc1)C(=O)NCc1ccc(C)c(F)c1. The smallest absolute Gasteiger partial charge is 0.317 e. The number of rotatable bonds is 6. The molecule has 0 aliphatic heterocycles. The Morgan fingerprint density at radius 1 is 1.08 bits per heavy atom. The number of nitrogens with zero attached hydrogens (tertiary/aromatic N) is 1. The van der Waals surface area contributed by atoms with Gasteiger partial charge < -0.3 is 10.2 Å². The van der Waals surface area contributed by atoms with Gasteiger partial charge in [0.2, 0.25) is 0 Å². The molecule has 1 N–H and O–H groups in total. The van der Waals surface area contributed by atoms with Crippen LogP contribution in [0.4, 0.5) is 9.18 Å². The number of nitrogens with one attached hydrogen (secondary N) is 1. The van der Waals surface area contributed by atoms with Gasteiger partial charge in [-0.05, 0) is 43.0 Å². The molecule has 4 heteroatoms. The summed E-state index contributed by atoms with van der Waals surface area (Å²) in [5.74, 6) is -0.244. The van der Waals surface area contributed by atoms with Crippen LogP contribution in [-0.4, -0.2) is 17.5 Å². The molecule has 2 rings (SSSR count). The van der Waals surface area contributed by atoms with E-state index in [1.165, 1.54) is 11.6 Å². The third-order valence-corrected chi connectivity index (χ3v) is 3.95. The number of halogens is 1. The van der Waals surface area contributed by atoms with Crippen molar-refractivity contribution in [3.63, 3.8) is 0 Å². The molecule has 0 heterocycles. The number of amides is 2. The van der Waals surface area contributed by atoms with E-state index < -0.39 is 0 Å². The fourth-order valence-corrected chi connectivity index (χ4v) is 2.47. The molecule has 0 saturated heterocycles. The number of carbonyl (C=O) groups is 1. The number of aryl methyl sites for hydroxylation is 2. The Bertz CT molecular complexity index is 683. The van der Waals surface area contributed by atoms with Gasteiger partial charge >= 0.3 is 6.03 Å². The van der Waals surface area contributed by atoms with Crippen molar-refractivity contribution in [2.24, 2.45) is 0 Å². The monoisotopic (exact) mass is 328 g/mol. The lowest BCUT2D eigenvalue weighted by Crippen LogP contribution is -2.39. The van der Waals surface area contributed by atoms with Gasteiger partial charge in [0, 0.05) is 19.6 Å². The first kappa shape index (κ1) is 18.0. The molecule has 0 aromatic heterocycles. The highest BCUT2D eigenvalue weighted by atomic mass is 19.1. The average molecular weight is 328 g/mol. The molecule has 0 bridgehead atoms. The number of hydrogen-bond donors (Lipinski definition) is 1. The lowest BCUT2D eigenvalue weighted by atomic mass is 10.1. The van der Waals surface area contributed by atoms with Crippen LogP contribution in [-0.2, 0) is 13.1 Å². The zero-order chi connectivity index (χ0) is 17.5. The Morgan fingerprint density at radius 2 is 1.75 bits per heavy atom. The topological polar surface area (TPSA) is 32.3 Å². The summed E-state index contributed by atoms with van der Waals surface area (Å²) in [7, 11) is 0. The average Bonchev–Trinajstić information content (AvgIpc) is 2.57. The predicted molar refractivity (Wildman–Crippen MR) is 95.3 cm³/mol. The second kappa shape index (κ2) is 8.48. The van der Waals surface area contributed by atoms with Crippen molar-refractivity contribution in [3.05, 3.63) is 70.5 Å². The van der Waals surface area contributed by atoms with E-state index in [2.05, 4.69) is 5.32 Å². The van der Waals surface area contributed by atoms with E-state index in [9.17, 15) is 9.18 Å². The molecule has 2 amide bonds. The van der Waals surface area contributed by atoms with Crippen molar-refractivity contribution >= 4 is 6.03 Å². The summed E-state index contributed by atoms with van der Waals surface area (Å²) in [6.07, 6.45) is 0.887. The molecule has 2 aromatic rings. The zero-order valence-electron chi connectivity index (χ0n) is 14.6. The highest BCUT2D eigenvalue weighted by molar-refractivity contribution is 5.74. The molecule has 2 aromatic carbocycles. The van der Waals surface area contributed by atoms with Crippen molar-refractivity contribution in [1.29, 1.82) is 0 Å². The second-order valence-corrected chi connectivity index (χ2v) is 6.15. The minimum absolute atomic E-state index is 0.126. The molecular formula is C20H25FN2O. The highest BCUT2D eigenvalue weighted by Crippen LogP contribution is 2.10. The maximum absolute atomic E-state index is 13.6. The number of hydrogen-bond acceptors (Lipinski definition) is 1. The zero-order valence-corrected chi connectivity index (χ0v) is 14.6. The lowest BCUT2D eigenvalue weighted by molar-refractivity contribution is 0.194. The van der Waals surface area contributed by atoms with Crippen LogP contribution < -0.4 is 5.32 Å². The maximum atomic E-state index is 13.6. The largest absolute Gasteiger partial charge is 0.334 e. The molecule has 0 aliphatic carbocycles. The van der Waals surface area contributed by atoms with Gasteiger partial charge in [-0.2, -0.15) is 0 Å². The van der Waals surface area contributed by atoms with Crippen molar-refractivity contribution in [2.75, 3.05) is 6.54 Å². The molecule has 0 unspecified atom stereocenters. The number of urea groups is 1. The third-order valence-electron chi connectivity index (χ3n) is 3.95. The second-order valence-electron chi connectivity index (χ2n) is 6.15. The molecule has 24 heavy (non-hydrogen) atoms. The van der Waals surface area contributed by atoms with Crippen molar-refractivity contribution in [3.8, 4) is 0 Å². The van der Waals surface area contributed by atoms with Crippen molar-refractivity contribution < 1.29 is 9.18 Å². The molecule has 0 fully saturated rings. The van der Waals surface area contributed by atoms with Crippen LogP contribution in [0.5, 0.6) is 0 Å². The van der Waals surface area contributed by atoms with Crippen LogP contribution in [0, 0.1) is 19.7 Å². The van der Waals surface area contributed by atoms with Gasteiger partial charge in [0.05, 0.1) is 0 Å². The minimum atomic E-state index is -0.244. The van der Waals surface area contributed by atoms with Crippen LogP contribution >= 0.6 is 0 Å². The van der Waals surface area contributed by atoms with Gasteiger partial charge in [0.1, 0.15) is 5.82 Å². The Morgan fingerprint density at radius 3 is 2.38 bits per heavy atom. The van der Waals surface area contributed by atoms with Gasteiger partial charge in [0.25, 0.3) is 0 Å². The summed E-state index contributed by atoms with van der Waals surface area (Å²) in [5.41, 5.74) is 3.67. The summed E-state index contributed by atoms with van der Waals surface area (Å²) >= 11 is 0. The predicted octanol–water partition coefficient (Wildman–Crippen LogP) is 4.56. The van der Waals surface area contributed by atoms with E-state index in [1.807, 2.05) is 44.2 Å². The van der Waals surface area contributed by atoms with Gasteiger partial charge in [-0.25, -0.2) is 9.18 Å². The Balaban J connectivity index is 1.97. The minimum Gasteiger partial charge on any atom is -0.334 e. The summed E-state index contributed by atoms with van der Waals surface area (Å²) in [5, 5.41) is 2.88. The highest BCUT2D eigenvalue weighted by Gasteiger charge is 2.13. The van der Waals surface area contributed by atoms with Gasteiger partial charge in [-0.15, -0.1) is 0 Å². The van der Waals surface area contributed by atoms with Gasteiger partial charge in [-0.3, -0.25) is 0 Å². The van der Waals surface area contributed by atoms with E-state index in [0.717, 1.165) is 17.5 Å². The van der Waals surface area contributed by atoms with Crippen LogP contribution in [0.3, 0.4) is 0 Å². The van der Waals surface area contributed by atoms with Crippen LogP contribution in [0.2, 0.25) is 0 Å². The molecule has 0 saturated carbocycles. The molecule has 0 aliphatic rings. The normalized spacial score (nSPS) is 10.5. The Kier molecular flexibility index (Phi) is 6.36. The van der Waals surface area contributed by atoms with E-state index >= 15 is 0 Å². The first-order chi connectivity index (χ1) is 11.5. The summed E-state index contributed by atoms with van der Waals surface area (Å²) < 4.78 is 13.6. The number of benzene rings is 2. The fourth-order valence-electron chi connectivity index (χ4n) is 2.47. The molecule has 0 atom stereocenters. The van der Waals surface area contributed by atoms with E-state index in [-0.39, 0.29) is 11.8 Å². The summed E-state index contributed by atoms with van der Waals surface area (Å²) in [6, 6.07) is 13.1. The number of carbonyl (C=O) groups excluding carboxylic acids is 1. The molecular weight excluding hydrogens is 303 g/mol. The molecule has 0 radical (unpaired) electrons. The summed E-state index contributed by atoms with van der Waals surface area (Å²) in [6.45, 7) is 7.39. The standard InChI is InChI=1S/C20H25FN2O/c1-4-11-23(14-17-8-5-15(2)6-9-17)20(24)22-13-18-10-7-16(3)19(21)12-18/h5-10,12H,4,11,13-14H2,1-3H3,(H,22,24). The van der Waals surface area contributed by atoms with Crippen molar-refractivity contribution in [1.82, 2.24) is 10.2 Å². The van der Waals surface area contributed by atoms with E-state index in [1.54, 1.807) is 17.9 Å². The van der Waals surface area contributed by atoms with E-state index in [0.29, 0.717) is 25.2 Å². The Hall–Kier alpha value is -2.36. The van der Waals surface area contributed by atoms with Gasteiger partial charge in [-0.1, -0.05) is 48.9 Å². The van der Waals surface area contributed by atoms with Crippen LogP contribution in [0.25, 0.3) is 0 Å². The van der Waals surface area contributed by atoms with Crippen LogP contribution in [0.1, 0.15) is 35.6 Å². The fraction of sp³-hybridized carbons (Fsp3) is 0.350.